The van der Waals surface area contributed by atoms with Gasteiger partial charge in [0.25, 0.3) is 0 Å². The first-order valence-corrected chi connectivity index (χ1v) is 10.4. The van der Waals surface area contributed by atoms with Gasteiger partial charge in [0.15, 0.2) is 6.21 Å². The molecule has 0 spiro atoms. The fourth-order valence-corrected chi connectivity index (χ4v) is 2.33. The molecule has 0 heterocycles. The van der Waals surface area contributed by atoms with E-state index in [0.717, 1.165) is 5.03 Å². The van der Waals surface area contributed by atoms with Crippen LogP contribution in [0.1, 0.15) is 55.4 Å². The minimum absolute atomic E-state index is 0.457. The van der Waals surface area contributed by atoms with Crippen LogP contribution in [0.4, 0.5) is 25.2 Å². The number of rotatable bonds is 6. The van der Waals surface area contributed by atoms with Crippen LogP contribution < -0.4 is 0 Å². The molecule has 154 valence electrons. The SMILES string of the molecule is CC(C)N(/C=C(\Cl)C=[N+](C(C)C)C(C)C)C(C)C.F[P-](F)(F)(F)(F)F. The molecule has 0 saturated heterocycles. The van der Waals surface area contributed by atoms with Gasteiger partial charge in [-0.1, -0.05) is 11.6 Å². The fourth-order valence-electron chi connectivity index (χ4n) is 2.11. The van der Waals surface area contributed by atoms with E-state index in [2.05, 4.69) is 77.3 Å². The molecule has 0 aliphatic heterocycles. The molecule has 0 aliphatic carbocycles. The van der Waals surface area contributed by atoms with Crippen molar-refractivity contribution in [1.82, 2.24) is 4.90 Å². The Kier molecular flexibility index (Phi) is 9.05. The second-order valence-corrected chi connectivity index (χ2v) is 9.22. The summed E-state index contributed by atoms with van der Waals surface area (Å²) in [6.07, 6.45) is 4.10. The zero-order chi connectivity index (χ0) is 20.9. The molecule has 0 aromatic rings. The molecule has 0 bridgehead atoms. The normalized spacial score (nSPS) is 15.7. The number of allylic oxidation sites excluding steroid dienone is 1. The Balaban J connectivity index is 0. The third-order valence-electron chi connectivity index (χ3n) is 2.93. The number of halogens is 7. The van der Waals surface area contributed by atoms with Gasteiger partial charge < -0.3 is 4.90 Å². The predicted octanol–water partition coefficient (Wildman–Crippen LogP) is 7.47. The average Bonchev–Trinajstić information content (AvgIpc) is 2.27. The summed E-state index contributed by atoms with van der Waals surface area (Å²) < 4.78 is 61.5. The Bertz CT molecular complexity index is 452. The average molecular weight is 419 g/mol. The van der Waals surface area contributed by atoms with Crippen molar-refractivity contribution in [2.24, 2.45) is 0 Å². The van der Waals surface area contributed by atoms with Gasteiger partial charge in [-0.2, -0.15) is 0 Å². The quantitative estimate of drug-likeness (QED) is 0.188. The Morgan fingerprint density at radius 2 is 1.08 bits per heavy atom. The van der Waals surface area contributed by atoms with Gasteiger partial charge >= 0.3 is 33.0 Å². The fraction of sp³-hybridized carbons (Fsp3) is 0.800. The van der Waals surface area contributed by atoms with Gasteiger partial charge in [-0.3, -0.25) is 0 Å². The van der Waals surface area contributed by atoms with Gasteiger partial charge in [-0.25, -0.2) is 4.58 Å². The van der Waals surface area contributed by atoms with Crippen LogP contribution in [0.15, 0.2) is 11.2 Å². The molecule has 0 aromatic carbocycles. The number of nitrogens with zero attached hydrogens (tertiary/aromatic N) is 2. The molecule has 0 radical (unpaired) electrons. The molecule has 25 heavy (non-hydrogen) atoms. The Labute approximate surface area is 151 Å². The Hall–Kier alpha value is -0.490. The molecule has 0 atom stereocenters. The van der Waals surface area contributed by atoms with Crippen LogP contribution in [0, 0.1) is 0 Å². The van der Waals surface area contributed by atoms with E-state index in [0.29, 0.717) is 24.2 Å². The van der Waals surface area contributed by atoms with Crippen LogP contribution in [-0.4, -0.2) is 39.9 Å². The molecule has 2 nitrogen and oxygen atoms in total. The second-order valence-electron chi connectivity index (χ2n) is 6.87. The molecule has 0 amide bonds. The molecule has 0 N–H and O–H groups in total. The van der Waals surface area contributed by atoms with Crippen molar-refractivity contribution in [3.05, 3.63) is 11.2 Å². The summed E-state index contributed by atoms with van der Waals surface area (Å²) in [4.78, 5) is 2.28. The van der Waals surface area contributed by atoms with Crippen LogP contribution >= 0.6 is 19.4 Å². The van der Waals surface area contributed by atoms with Gasteiger partial charge in [0.1, 0.15) is 17.1 Å². The van der Waals surface area contributed by atoms with E-state index < -0.39 is 7.81 Å². The molecule has 0 fully saturated rings. The molecule has 0 saturated carbocycles. The van der Waals surface area contributed by atoms with Crippen LogP contribution in [-0.2, 0) is 0 Å². The molecule has 10 heteroatoms. The molecule has 0 unspecified atom stereocenters. The minimum atomic E-state index is -10.7. The van der Waals surface area contributed by atoms with E-state index in [1.807, 2.05) is 0 Å². The first-order valence-electron chi connectivity index (χ1n) is 7.95. The van der Waals surface area contributed by atoms with Crippen molar-refractivity contribution >= 4 is 25.6 Å². The van der Waals surface area contributed by atoms with Gasteiger partial charge in [0.05, 0.1) is 0 Å². The summed E-state index contributed by atoms with van der Waals surface area (Å²) >= 11 is 6.37. The number of hydrogen-bond acceptors (Lipinski definition) is 1. The van der Waals surface area contributed by atoms with Crippen molar-refractivity contribution in [2.45, 2.75) is 79.6 Å². The number of hydrogen-bond donors (Lipinski definition) is 0. The first kappa shape index (κ1) is 26.7. The van der Waals surface area contributed by atoms with Crippen molar-refractivity contribution in [3.63, 3.8) is 0 Å². The van der Waals surface area contributed by atoms with E-state index >= 15 is 0 Å². The zero-order valence-corrected chi connectivity index (χ0v) is 17.6. The van der Waals surface area contributed by atoms with Crippen molar-refractivity contribution in [3.8, 4) is 0 Å². The van der Waals surface area contributed by atoms with Gasteiger partial charge in [-0.15, -0.1) is 0 Å². The third kappa shape index (κ3) is 19.7. The van der Waals surface area contributed by atoms with Gasteiger partial charge in [0, 0.05) is 18.3 Å². The second kappa shape index (κ2) is 8.47. The van der Waals surface area contributed by atoms with Crippen molar-refractivity contribution < 1.29 is 29.8 Å². The van der Waals surface area contributed by atoms with Crippen LogP contribution in [0.25, 0.3) is 0 Å². The van der Waals surface area contributed by atoms with E-state index in [9.17, 15) is 25.2 Å². The maximum absolute atomic E-state index is 10.7. The summed E-state index contributed by atoms with van der Waals surface area (Å²) in [5, 5.41) is 0.791. The van der Waals surface area contributed by atoms with Gasteiger partial charge in [-0.05, 0) is 55.4 Å². The molecule has 0 rings (SSSR count). The maximum atomic E-state index is 9.87. The first-order chi connectivity index (χ1) is 10.6. The topological polar surface area (TPSA) is 6.25 Å². The van der Waals surface area contributed by atoms with Crippen molar-refractivity contribution in [2.75, 3.05) is 0 Å². The Morgan fingerprint density at radius 3 is 1.28 bits per heavy atom. The molecule has 0 aromatic heterocycles. The van der Waals surface area contributed by atoms with Crippen molar-refractivity contribution in [1.29, 1.82) is 0 Å². The van der Waals surface area contributed by atoms with E-state index in [1.54, 1.807) is 0 Å². The summed E-state index contributed by atoms with van der Waals surface area (Å²) in [5.41, 5.74) is 0. The van der Waals surface area contributed by atoms with E-state index in [-0.39, 0.29) is 0 Å². The van der Waals surface area contributed by atoms with Crippen LogP contribution in [0.3, 0.4) is 0 Å². The molecule has 0 aliphatic rings. The summed E-state index contributed by atoms with van der Waals surface area (Å²) in [6, 6.07) is 1.83. The third-order valence-corrected chi connectivity index (χ3v) is 3.13. The standard InChI is InChI=1S/C15H30ClN2.F6P/c1-11(2)17(12(3)4)9-15(16)10-18(13(5)6)14(7)8;1-7(2,3,4,5)6/h9-14H,1-8H3;/q+1;-1. The molecular formula is C15H30ClF6N2P. The predicted molar refractivity (Wildman–Crippen MR) is 96.2 cm³/mol. The van der Waals surface area contributed by atoms with Gasteiger partial charge in [0.2, 0.25) is 0 Å². The molecular weight excluding hydrogens is 389 g/mol. The van der Waals surface area contributed by atoms with E-state index in [4.69, 9.17) is 11.6 Å². The summed E-state index contributed by atoms with van der Waals surface area (Å²) in [5.74, 6) is 0. The van der Waals surface area contributed by atoms with E-state index in [1.165, 1.54) is 0 Å². The van der Waals surface area contributed by atoms with Crippen LogP contribution in [0.2, 0.25) is 0 Å². The monoisotopic (exact) mass is 418 g/mol. The van der Waals surface area contributed by atoms with Crippen LogP contribution in [0.5, 0.6) is 0 Å². The Morgan fingerprint density at radius 1 is 0.800 bits per heavy atom. The summed E-state index contributed by atoms with van der Waals surface area (Å²) in [7, 11) is -10.7. The zero-order valence-electron chi connectivity index (χ0n) is 16.0. The summed E-state index contributed by atoms with van der Waals surface area (Å²) in [6.45, 7) is 17.5.